The highest BCUT2D eigenvalue weighted by molar-refractivity contribution is 5.83. The van der Waals surface area contributed by atoms with E-state index in [9.17, 15) is 9.18 Å². The van der Waals surface area contributed by atoms with Gasteiger partial charge in [0.2, 0.25) is 5.91 Å². The van der Waals surface area contributed by atoms with Crippen LogP contribution in [0.4, 0.5) is 10.1 Å². The highest BCUT2D eigenvalue weighted by atomic mass is 19.1. The van der Waals surface area contributed by atoms with Crippen LogP contribution in [-0.4, -0.2) is 49.1 Å². The van der Waals surface area contributed by atoms with Crippen LogP contribution >= 0.6 is 0 Å². The van der Waals surface area contributed by atoms with Gasteiger partial charge in [-0.05, 0) is 42.7 Å². The molecular formula is C25H33FN4O. The zero-order chi connectivity index (χ0) is 21.6. The summed E-state index contributed by atoms with van der Waals surface area (Å²) in [5, 5.41) is 3.21. The van der Waals surface area contributed by atoms with Gasteiger partial charge in [0, 0.05) is 37.9 Å². The number of nitrogens with two attached hydrogens (primary N) is 1. The first-order valence-corrected chi connectivity index (χ1v) is 11.5. The summed E-state index contributed by atoms with van der Waals surface area (Å²) < 4.78 is 13.3. The van der Waals surface area contributed by atoms with Crippen LogP contribution in [0.25, 0.3) is 0 Å². The van der Waals surface area contributed by atoms with Crippen LogP contribution in [0.5, 0.6) is 0 Å². The number of nitrogens with zero attached hydrogens (tertiary/aromatic N) is 2. The van der Waals surface area contributed by atoms with Gasteiger partial charge in [0.1, 0.15) is 11.9 Å². The highest BCUT2D eigenvalue weighted by Crippen LogP contribution is 2.27. The van der Waals surface area contributed by atoms with Crippen molar-refractivity contribution >= 4 is 11.6 Å². The summed E-state index contributed by atoms with van der Waals surface area (Å²) in [5.41, 5.74) is 8.69. The van der Waals surface area contributed by atoms with Gasteiger partial charge in [-0.1, -0.05) is 49.6 Å². The summed E-state index contributed by atoms with van der Waals surface area (Å²) in [6.07, 6.45) is 5.69. The molecule has 6 heteroatoms. The molecule has 1 saturated carbocycles. The van der Waals surface area contributed by atoms with Crippen LogP contribution in [0, 0.1) is 5.82 Å². The minimum absolute atomic E-state index is 0.0540. The summed E-state index contributed by atoms with van der Waals surface area (Å²) >= 11 is 0. The Balaban J connectivity index is 1.45. The van der Waals surface area contributed by atoms with E-state index >= 15 is 0 Å². The fourth-order valence-corrected chi connectivity index (χ4v) is 4.89. The van der Waals surface area contributed by atoms with Crippen LogP contribution in [0.15, 0.2) is 54.6 Å². The van der Waals surface area contributed by atoms with Crippen LogP contribution in [0.2, 0.25) is 0 Å². The van der Waals surface area contributed by atoms with Crippen molar-refractivity contribution in [2.24, 2.45) is 5.73 Å². The summed E-state index contributed by atoms with van der Waals surface area (Å²) in [6.45, 7) is 3.21. The molecule has 0 aromatic heterocycles. The van der Waals surface area contributed by atoms with Gasteiger partial charge in [-0.25, -0.2) is 4.39 Å². The van der Waals surface area contributed by atoms with Gasteiger partial charge < -0.3 is 16.0 Å². The Labute approximate surface area is 184 Å². The van der Waals surface area contributed by atoms with Crippen molar-refractivity contribution in [3.8, 4) is 0 Å². The maximum atomic E-state index is 13.3. The van der Waals surface area contributed by atoms with E-state index in [1.165, 1.54) is 31.4 Å². The number of amides is 1. The van der Waals surface area contributed by atoms with Gasteiger partial charge in [0.25, 0.3) is 0 Å². The Bertz CT molecular complexity index is 830. The molecular weight excluding hydrogens is 391 g/mol. The standard InChI is InChI=1S/C25H33FN4O/c26-20-11-13-22(14-12-20)29-15-17-30(18-16-29)24(19-7-3-1-4-8-19)23(27)25(31)28-21-9-5-2-6-10-21/h1,3-4,7-8,11-14,21,23-24H,2,5-6,9-10,15-18,27H2,(H,28,31)/t23-,24+/m1/s1. The molecule has 1 aliphatic heterocycles. The number of hydrogen-bond acceptors (Lipinski definition) is 4. The van der Waals surface area contributed by atoms with Gasteiger partial charge >= 0.3 is 0 Å². The van der Waals surface area contributed by atoms with Crippen molar-refractivity contribution in [3.05, 3.63) is 66.0 Å². The normalized spacial score (nSPS) is 20.3. The fraction of sp³-hybridized carbons (Fsp3) is 0.480. The second kappa shape index (κ2) is 10.2. The molecule has 1 amide bonds. The summed E-state index contributed by atoms with van der Waals surface area (Å²) in [7, 11) is 0. The van der Waals surface area contributed by atoms with E-state index in [0.717, 1.165) is 50.3 Å². The number of nitrogens with one attached hydrogen (secondary N) is 1. The van der Waals surface area contributed by atoms with Crippen LogP contribution in [0.1, 0.15) is 43.7 Å². The maximum Gasteiger partial charge on any atom is 0.239 e. The predicted molar refractivity (Wildman–Crippen MR) is 122 cm³/mol. The Kier molecular flexibility index (Phi) is 7.20. The first-order chi connectivity index (χ1) is 15.1. The van der Waals surface area contributed by atoms with E-state index in [1.807, 2.05) is 30.3 Å². The van der Waals surface area contributed by atoms with Gasteiger partial charge in [0.15, 0.2) is 0 Å². The summed E-state index contributed by atoms with van der Waals surface area (Å²) in [4.78, 5) is 17.7. The monoisotopic (exact) mass is 424 g/mol. The van der Waals surface area contributed by atoms with Crippen molar-refractivity contribution in [1.82, 2.24) is 10.2 Å². The lowest BCUT2D eigenvalue weighted by Crippen LogP contribution is -2.56. The Hall–Kier alpha value is -2.44. The molecule has 0 unspecified atom stereocenters. The molecule has 2 aromatic rings. The lowest BCUT2D eigenvalue weighted by molar-refractivity contribution is -0.125. The smallest absolute Gasteiger partial charge is 0.239 e. The third kappa shape index (κ3) is 5.43. The number of rotatable bonds is 6. The lowest BCUT2D eigenvalue weighted by atomic mass is 9.93. The molecule has 1 aliphatic carbocycles. The number of hydrogen-bond donors (Lipinski definition) is 2. The van der Waals surface area contributed by atoms with E-state index in [0.29, 0.717) is 0 Å². The fourth-order valence-electron chi connectivity index (χ4n) is 4.89. The first-order valence-electron chi connectivity index (χ1n) is 11.5. The van der Waals surface area contributed by atoms with E-state index in [-0.39, 0.29) is 23.8 Å². The minimum Gasteiger partial charge on any atom is -0.369 e. The van der Waals surface area contributed by atoms with E-state index < -0.39 is 6.04 Å². The average molecular weight is 425 g/mol. The molecule has 1 saturated heterocycles. The molecule has 2 fully saturated rings. The largest absolute Gasteiger partial charge is 0.369 e. The number of halogens is 1. The van der Waals surface area contributed by atoms with Crippen LogP contribution < -0.4 is 16.0 Å². The SMILES string of the molecule is N[C@@H](C(=O)NC1CCCCC1)[C@H](c1ccccc1)N1CCN(c2ccc(F)cc2)CC1. The molecule has 166 valence electrons. The second-order valence-corrected chi connectivity index (χ2v) is 8.72. The molecule has 3 N–H and O–H groups in total. The maximum absolute atomic E-state index is 13.3. The zero-order valence-electron chi connectivity index (χ0n) is 18.1. The second-order valence-electron chi connectivity index (χ2n) is 8.72. The zero-order valence-corrected chi connectivity index (χ0v) is 18.1. The van der Waals surface area contributed by atoms with Crippen molar-refractivity contribution in [3.63, 3.8) is 0 Å². The van der Waals surface area contributed by atoms with Crippen molar-refractivity contribution in [2.75, 3.05) is 31.1 Å². The van der Waals surface area contributed by atoms with Crippen LogP contribution in [-0.2, 0) is 4.79 Å². The third-order valence-electron chi connectivity index (χ3n) is 6.63. The minimum atomic E-state index is -0.623. The highest BCUT2D eigenvalue weighted by Gasteiger charge is 2.34. The lowest BCUT2D eigenvalue weighted by Gasteiger charge is -2.42. The molecule has 2 aromatic carbocycles. The molecule has 0 radical (unpaired) electrons. The quantitative estimate of drug-likeness (QED) is 0.746. The van der Waals surface area contributed by atoms with Gasteiger partial charge in [-0.3, -0.25) is 9.69 Å². The van der Waals surface area contributed by atoms with Crippen molar-refractivity contribution < 1.29 is 9.18 Å². The van der Waals surface area contributed by atoms with Gasteiger partial charge in [-0.15, -0.1) is 0 Å². The Morgan fingerprint density at radius 3 is 2.23 bits per heavy atom. The van der Waals surface area contributed by atoms with Gasteiger partial charge in [-0.2, -0.15) is 0 Å². The summed E-state index contributed by atoms with van der Waals surface area (Å²) in [6, 6.07) is 16.2. The Morgan fingerprint density at radius 1 is 0.935 bits per heavy atom. The van der Waals surface area contributed by atoms with Crippen molar-refractivity contribution in [1.29, 1.82) is 0 Å². The molecule has 0 bridgehead atoms. The van der Waals surface area contributed by atoms with E-state index in [4.69, 9.17) is 5.73 Å². The number of anilines is 1. The number of carbonyl (C=O) groups excluding carboxylic acids is 1. The number of carbonyl (C=O) groups is 1. The molecule has 4 rings (SSSR count). The van der Waals surface area contributed by atoms with E-state index in [2.05, 4.69) is 27.2 Å². The first kappa shape index (κ1) is 21.8. The summed E-state index contributed by atoms with van der Waals surface area (Å²) in [5.74, 6) is -0.275. The van der Waals surface area contributed by atoms with Gasteiger partial charge in [0.05, 0.1) is 6.04 Å². The predicted octanol–water partition coefficient (Wildman–Crippen LogP) is 3.47. The molecule has 0 spiro atoms. The Morgan fingerprint density at radius 2 is 1.58 bits per heavy atom. The third-order valence-corrected chi connectivity index (χ3v) is 6.63. The number of benzene rings is 2. The number of piperazine rings is 1. The molecule has 1 heterocycles. The topological polar surface area (TPSA) is 61.6 Å². The van der Waals surface area contributed by atoms with Crippen molar-refractivity contribution in [2.45, 2.75) is 50.2 Å². The van der Waals surface area contributed by atoms with E-state index in [1.54, 1.807) is 0 Å². The molecule has 2 atom stereocenters. The molecule has 5 nitrogen and oxygen atoms in total. The average Bonchev–Trinajstić information content (AvgIpc) is 2.81. The molecule has 2 aliphatic rings. The van der Waals surface area contributed by atoms with Crippen LogP contribution in [0.3, 0.4) is 0 Å². The molecule has 31 heavy (non-hydrogen) atoms.